The number of nitrogens with one attached hydrogen (secondary N) is 2. The quantitative estimate of drug-likeness (QED) is 0.826. The van der Waals surface area contributed by atoms with Crippen LogP contribution in [-0.4, -0.2) is 18.4 Å². The zero-order chi connectivity index (χ0) is 18.7. The Labute approximate surface area is 147 Å². The molecular formula is C18H17F3N2O3. The van der Waals surface area contributed by atoms with Crippen LogP contribution in [-0.2, 0) is 22.3 Å². The lowest BCUT2D eigenvalue weighted by Crippen LogP contribution is -2.37. The van der Waals surface area contributed by atoms with Gasteiger partial charge < -0.3 is 15.1 Å². The largest absolute Gasteiger partial charge is 0.467 e. The van der Waals surface area contributed by atoms with Crippen molar-refractivity contribution < 1.29 is 27.2 Å². The number of benzene rings is 1. The van der Waals surface area contributed by atoms with Crippen molar-refractivity contribution in [1.82, 2.24) is 10.6 Å². The lowest BCUT2D eigenvalue weighted by Gasteiger charge is -2.12. The van der Waals surface area contributed by atoms with Gasteiger partial charge in [0.1, 0.15) is 5.76 Å². The van der Waals surface area contributed by atoms with Crippen LogP contribution < -0.4 is 10.6 Å². The molecule has 2 aromatic rings. The summed E-state index contributed by atoms with van der Waals surface area (Å²) in [6, 6.07) is 8.66. The monoisotopic (exact) mass is 366 g/mol. The summed E-state index contributed by atoms with van der Waals surface area (Å²) in [6.45, 7) is -0.0314. The van der Waals surface area contributed by atoms with Gasteiger partial charge in [0.15, 0.2) is 0 Å². The van der Waals surface area contributed by atoms with Crippen LogP contribution in [0, 0.1) is 5.92 Å². The summed E-state index contributed by atoms with van der Waals surface area (Å²) in [7, 11) is 0. The van der Waals surface area contributed by atoms with Crippen LogP contribution in [0.2, 0.25) is 0 Å². The molecule has 8 heteroatoms. The highest BCUT2D eigenvalue weighted by Crippen LogP contribution is 2.50. The first kappa shape index (κ1) is 18.0. The highest BCUT2D eigenvalue weighted by atomic mass is 19.4. The minimum Gasteiger partial charge on any atom is -0.467 e. The molecule has 2 amide bonds. The van der Waals surface area contributed by atoms with Crippen LogP contribution in [0.25, 0.3) is 0 Å². The van der Waals surface area contributed by atoms with Crippen molar-refractivity contribution in [2.75, 3.05) is 6.54 Å². The second kappa shape index (κ2) is 7.23. The van der Waals surface area contributed by atoms with E-state index in [1.165, 1.54) is 24.5 Å². The van der Waals surface area contributed by atoms with Crippen molar-refractivity contribution >= 4 is 11.8 Å². The van der Waals surface area contributed by atoms with Crippen molar-refractivity contribution in [3.05, 3.63) is 59.5 Å². The average Bonchev–Trinajstić information content (AvgIpc) is 3.24. The molecule has 26 heavy (non-hydrogen) atoms. The van der Waals surface area contributed by atoms with Gasteiger partial charge in [0.25, 0.3) is 0 Å². The van der Waals surface area contributed by atoms with Gasteiger partial charge in [-0.15, -0.1) is 0 Å². The lowest BCUT2D eigenvalue weighted by atomic mass is 10.0. The minimum absolute atomic E-state index is 0.127. The smallest absolute Gasteiger partial charge is 0.416 e. The molecule has 1 fully saturated rings. The second-order valence-corrected chi connectivity index (χ2v) is 6.11. The van der Waals surface area contributed by atoms with Gasteiger partial charge in [-0.1, -0.05) is 18.2 Å². The molecule has 0 aliphatic heterocycles. The molecule has 1 aromatic carbocycles. The number of halogens is 3. The van der Waals surface area contributed by atoms with E-state index >= 15 is 0 Å². The molecular weight excluding hydrogens is 349 g/mol. The molecule has 3 rings (SSSR count). The molecule has 1 aliphatic carbocycles. The first-order valence-electron chi connectivity index (χ1n) is 8.09. The van der Waals surface area contributed by atoms with Gasteiger partial charge in [0.05, 0.1) is 24.9 Å². The van der Waals surface area contributed by atoms with Gasteiger partial charge in [-0.3, -0.25) is 9.59 Å². The summed E-state index contributed by atoms with van der Waals surface area (Å²) in [5.41, 5.74) is -0.584. The fourth-order valence-corrected chi connectivity index (χ4v) is 2.87. The molecule has 0 bridgehead atoms. The van der Waals surface area contributed by atoms with Crippen LogP contribution in [0.5, 0.6) is 0 Å². The van der Waals surface area contributed by atoms with E-state index in [-0.39, 0.29) is 18.7 Å². The van der Waals surface area contributed by atoms with Crippen LogP contribution in [0.3, 0.4) is 0 Å². The molecule has 0 spiro atoms. The van der Waals surface area contributed by atoms with Crippen molar-refractivity contribution in [3.8, 4) is 0 Å². The van der Waals surface area contributed by atoms with Crippen LogP contribution in [0.4, 0.5) is 13.2 Å². The molecule has 5 nitrogen and oxygen atoms in total. The average molecular weight is 366 g/mol. The first-order chi connectivity index (χ1) is 12.4. The van der Waals surface area contributed by atoms with Gasteiger partial charge in [0.2, 0.25) is 11.8 Å². The minimum atomic E-state index is -4.45. The summed E-state index contributed by atoms with van der Waals surface area (Å²) < 4.78 is 44.2. The molecule has 1 aliphatic rings. The molecule has 0 radical (unpaired) electrons. The summed E-state index contributed by atoms with van der Waals surface area (Å²) in [5.74, 6) is -1.26. The van der Waals surface area contributed by atoms with Crippen molar-refractivity contribution in [3.63, 3.8) is 0 Å². The third kappa shape index (κ3) is 4.25. The zero-order valence-electron chi connectivity index (χ0n) is 13.7. The second-order valence-electron chi connectivity index (χ2n) is 6.11. The Kier molecular flexibility index (Phi) is 5.01. The van der Waals surface area contributed by atoms with E-state index in [0.717, 1.165) is 6.07 Å². The Bertz CT molecular complexity index is 787. The number of carbonyl (C=O) groups excluding carboxylic acids is 2. The highest BCUT2D eigenvalue weighted by molar-refractivity contribution is 5.88. The predicted octanol–water partition coefficient (Wildman–Crippen LogP) is 2.83. The van der Waals surface area contributed by atoms with Gasteiger partial charge in [0, 0.05) is 5.92 Å². The standard InChI is InChI=1S/C18H17F3N2O3/c19-18(20,21)15-6-2-1-5-12(15)13-8-14(13)17(25)23-10-16(24)22-9-11-4-3-7-26-11/h1-7,13-14H,8-10H2,(H,22,24)(H,23,25). The summed E-state index contributed by atoms with van der Waals surface area (Å²) in [5, 5.41) is 5.05. The molecule has 2 atom stereocenters. The number of amides is 2. The van der Waals surface area contributed by atoms with E-state index in [9.17, 15) is 22.8 Å². The Morgan fingerprint density at radius 1 is 1.12 bits per heavy atom. The fourth-order valence-electron chi connectivity index (χ4n) is 2.87. The van der Waals surface area contributed by atoms with E-state index in [2.05, 4.69) is 10.6 Å². The van der Waals surface area contributed by atoms with Gasteiger partial charge in [-0.05, 0) is 36.1 Å². The highest BCUT2D eigenvalue weighted by Gasteiger charge is 2.47. The molecule has 138 valence electrons. The normalized spacial score (nSPS) is 19.0. The maximum Gasteiger partial charge on any atom is 0.416 e. The van der Waals surface area contributed by atoms with E-state index in [4.69, 9.17) is 4.42 Å². The zero-order valence-corrected chi connectivity index (χ0v) is 13.7. The first-order valence-corrected chi connectivity index (χ1v) is 8.09. The number of hydrogen-bond donors (Lipinski definition) is 2. The Morgan fingerprint density at radius 2 is 1.88 bits per heavy atom. The lowest BCUT2D eigenvalue weighted by molar-refractivity contribution is -0.138. The maximum absolute atomic E-state index is 13.1. The van der Waals surface area contributed by atoms with Gasteiger partial charge in [-0.2, -0.15) is 13.2 Å². The maximum atomic E-state index is 13.1. The van der Waals surface area contributed by atoms with Crippen LogP contribution in [0.15, 0.2) is 47.1 Å². The Hall–Kier alpha value is -2.77. The molecule has 0 saturated heterocycles. The van der Waals surface area contributed by atoms with E-state index in [0.29, 0.717) is 12.2 Å². The molecule has 1 heterocycles. The number of hydrogen-bond acceptors (Lipinski definition) is 3. The molecule has 2 N–H and O–H groups in total. The summed E-state index contributed by atoms with van der Waals surface area (Å²) >= 11 is 0. The fraction of sp³-hybridized carbons (Fsp3) is 0.333. The Balaban J connectivity index is 1.50. The third-order valence-electron chi connectivity index (χ3n) is 4.26. The summed E-state index contributed by atoms with van der Waals surface area (Å²) in [6.07, 6.45) is -2.63. The van der Waals surface area contributed by atoms with E-state index in [1.54, 1.807) is 12.1 Å². The van der Waals surface area contributed by atoms with Crippen LogP contribution in [0.1, 0.15) is 29.2 Å². The van der Waals surface area contributed by atoms with Crippen molar-refractivity contribution in [1.29, 1.82) is 0 Å². The van der Waals surface area contributed by atoms with Gasteiger partial charge in [-0.25, -0.2) is 0 Å². The van der Waals surface area contributed by atoms with Gasteiger partial charge >= 0.3 is 6.18 Å². The van der Waals surface area contributed by atoms with E-state index in [1.807, 2.05) is 0 Å². The predicted molar refractivity (Wildman–Crippen MR) is 85.9 cm³/mol. The number of furan rings is 1. The number of alkyl halides is 3. The van der Waals surface area contributed by atoms with Crippen molar-refractivity contribution in [2.24, 2.45) is 5.92 Å². The number of rotatable bonds is 6. The van der Waals surface area contributed by atoms with Crippen molar-refractivity contribution in [2.45, 2.75) is 25.1 Å². The molecule has 2 unspecified atom stereocenters. The van der Waals surface area contributed by atoms with Crippen LogP contribution >= 0.6 is 0 Å². The van der Waals surface area contributed by atoms with E-state index < -0.39 is 35.4 Å². The molecule has 1 saturated carbocycles. The SMILES string of the molecule is O=C(CNC(=O)C1CC1c1ccccc1C(F)(F)F)NCc1ccco1. The molecule has 1 aromatic heterocycles. The summed E-state index contributed by atoms with van der Waals surface area (Å²) in [4.78, 5) is 23.8. The Morgan fingerprint density at radius 3 is 2.58 bits per heavy atom. The topological polar surface area (TPSA) is 71.3 Å². The third-order valence-corrected chi connectivity index (χ3v) is 4.26. The number of carbonyl (C=O) groups is 2.